The number of hydrogen-bond donors (Lipinski definition) is 1. The fourth-order valence-electron chi connectivity index (χ4n) is 6.62. The number of likely N-dealkylation sites (tertiary alicyclic amines) is 1. The Morgan fingerprint density at radius 2 is 1.65 bits per heavy atom. The van der Waals surface area contributed by atoms with Crippen LogP contribution in [0, 0.1) is 0 Å². The predicted molar refractivity (Wildman–Crippen MR) is 194 cm³/mol. The number of benzene rings is 2. The van der Waals surface area contributed by atoms with Crippen molar-refractivity contribution in [2.45, 2.75) is 45.1 Å². The Bertz CT molecular complexity index is 1540. The maximum Gasteiger partial charge on any atom is 0.256 e. The van der Waals surface area contributed by atoms with E-state index in [4.69, 9.17) is 18.9 Å². The molecule has 3 heterocycles. The number of aliphatic imine (C=N–C) groups is 1. The molecule has 0 bridgehead atoms. The number of hydrogen-bond acceptors (Lipinski definition) is 8. The molecule has 10 nitrogen and oxygen atoms in total. The predicted octanol–water partition coefficient (Wildman–Crippen LogP) is 6.76. The van der Waals surface area contributed by atoms with Gasteiger partial charge in [0.25, 0.3) is 11.8 Å². The number of carbonyl (C=O) groups excluding carboxylic acids is 2. The average molecular weight is 677 g/mol. The normalized spacial score (nSPS) is 17.7. The van der Waals surface area contributed by atoms with Gasteiger partial charge >= 0.3 is 0 Å². The minimum Gasteiger partial charge on any atom is -0.493 e. The number of fused-ring (bicyclic) bond motifs is 2. The topological polar surface area (TPSA) is 102 Å². The number of nitrogens with one attached hydrogen (secondary N) is 1. The second-order valence-corrected chi connectivity index (χ2v) is 15.3. The van der Waals surface area contributed by atoms with Crippen LogP contribution in [0.5, 0.6) is 23.0 Å². The molecule has 1 N–H and O–H groups in total. The van der Waals surface area contributed by atoms with Gasteiger partial charge in [-0.15, -0.1) is 7.92 Å². The first-order chi connectivity index (χ1) is 23.3. The molecular formula is C37H49N4O6P. The van der Waals surface area contributed by atoms with Gasteiger partial charge in [-0.05, 0) is 63.0 Å². The van der Waals surface area contributed by atoms with E-state index in [2.05, 4.69) is 37.1 Å². The lowest BCUT2D eigenvalue weighted by Gasteiger charge is -2.21. The van der Waals surface area contributed by atoms with Crippen LogP contribution in [0.3, 0.4) is 0 Å². The summed E-state index contributed by atoms with van der Waals surface area (Å²) in [5, 5.41) is 3.46. The third-order valence-corrected chi connectivity index (χ3v) is 12.1. The molecule has 2 aromatic carbocycles. The highest BCUT2D eigenvalue weighted by Crippen LogP contribution is 2.41. The number of rotatable bonds is 16. The monoisotopic (exact) mass is 676 g/mol. The van der Waals surface area contributed by atoms with Gasteiger partial charge in [0.05, 0.1) is 56.0 Å². The first-order valence-electron chi connectivity index (χ1n) is 16.8. The molecule has 0 radical (unpaired) electrons. The van der Waals surface area contributed by atoms with E-state index < -0.39 is 0 Å². The highest BCUT2D eigenvalue weighted by atomic mass is 31.1. The van der Waals surface area contributed by atoms with Gasteiger partial charge < -0.3 is 34.1 Å². The van der Waals surface area contributed by atoms with E-state index in [1.165, 1.54) is 6.16 Å². The minimum atomic E-state index is -0.181. The zero-order valence-electron chi connectivity index (χ0n) is 28.6. The van der Waals surface area contributed by atoms with Crippen LogP contribution in [0.25, 0.3) is 0 Å². The summed E-state index contributed by atoms with van der Waals surface area (Å²) in [5.74, 6) is 2.19. The van der Waals surface area contributed by atoms with Crippen molar-refractivity contribution in [2.24, 2.45) is 4.99 Å². The molecule has 3 aliphatic heterocycles. The molecule has 258 valence electrons. The summed E-state index contributed by atoms with van der Waals surface area (Å²) >= 11 is 0. The van der Waals surface area contributed by atoms with Gasteiger partial charge in [0, 0.05) is 38.3 Å². The summed E-state index contributed by atoms with van der Waals surface area (Å²) in [6.45, 7) is 17.6. The first-order valence-corrected chi connectivity index (χ1v) is 18.7. The van der Waals surface area contributed by atoms with Crippen LogP contribution in [0.4, 0.5) is 11.4 Å². The number of carbonyl (C=O) groups is 2. The number of methoxy groups -OCH3 is 2. The lowest BCUT2D eigenvalue weighted by atomic mass is 10.1. The number of amides is 2. The zero-order valence-corrected chi connectivity index (χ0v) is 29.5. The molecule has 0 saturated carbocycles. The van der Waals surface area contributed by atoms with Gasteiger partial charge in [-0.1, -0.05) is 37.6 Å². The average Bonchev–Trinajstić information content (AvgIpc) is 3.68. The molecule has 0 aromatic heterocycles. The number of anilines is 1. The van der Waals surface area contributed by atoms with Crippen molar-refractivity contribution in [1.82, 2.24) is 9.80 Å². The first kappa shape index (κ1) is 35.3. The maximum atomic E-state index is 13.3. The van der Waals surface area contributed by atoms with Crippen molar-refractivity contribution >= 4 is 37.8 Å². The van der Waals surface area contributed by atoms with Crippen LogP contribution >= 0.6 is 7.92 Å². The summed E-state index contributed by atoms with van der Waals surface area (Å²) in [4.78, 5) is 34.3. The Labute approximate surface area is 285 Å². The van der Waals surface area contributed by atoms with E-state index in [1.54, 1.807) is 37.3 Å². The third-order valence-electron chi connectivity index (χ3n) is 9.09. The van der Waals surface area contributed by atoms with Crippen molar-refractivity contribution in [2.75, 3.05) is 77.4 Å². The Kier molecular flexibility index (Phi) is 12.0. The van der Waals surface area contributed by atoms with Crippen molar-refractivity contribution in [3.05, 3.63) is 59.7 Å². The van der Waals surface area contributed by atoms with Crippen LogP contribution in [0.1, 0.15) is 59.7 Å². The maximum absolute atomic E-state index is 13.3. The summed E-state index contributed by atoms with van der Waals surface area (Å²) in [6.07, 6.45) is 8.00. The molecule has 2 fully saturated rings. The van der Waals surface area contributed by atoms with Crippen LogP contribution < -0.4 is 24.3 Å². The quantitative estimate of drug-likeness (QED) is 0.0907. The molecule has 48 heavy (non-hydrogen) atoms. The Morgan fingerprint density at radius 3 is 2.27 bits per heavy atom. The number of nitrogens with zero attached hydrogens (tertiary/aromatic N) is 3. The van der Waals surface area contributed by atoms with Crippen molar-refractivity contribution in [3.8, 4) is 23.0 Å². The molecule has 2 amide bonds. The van der Waals surface area contributed by atoms with E-state index in [-0.39, 0.29) is 25.8 Å². The summed E-state index contributed by atoms with van der Waals surface area (Å²) < 4.78 is 23.6. The molecule has 2 aromatic rings. The summed E-state index contributed by atoms with van der Waals surface area (Å²) in [6, 6.07) is 7.28. The molecule has 0 spiro atoms. The second kappa shape index (κ2) is 16.4. The Balaban J connectivity index is 1.12. The van der Waals surface area contributed by atoms with Crippen molar-refractivity contribution < 1.29 is 28.5 Å². The molecule has 11 heteroatoms. The van der Waals surface area contributed by atoms with Gasteiger partial charge in [0.15, 0.2) is 23.0 Å². The van der Waals surface area contributed by atoms with Gasteiger partial charge in [-0.3, -0.25) is 14.6 Å². The fraction of sp³-hybridized carbons (Fsp3) is 0.486. The van der Waals surface area contributed by atoms with E-state index in [0.29, 0.717) is 79.2 Å². The molecule has 5 rings (SSSR count). The minimum absolute atomic E-state index is 0.00508. The largest absolute Gasteiger partial charge is 0.493 e. The highest BCUT2D eigenvalue weighted by Gasteiger charge is 2.35. The van der Waals surface area contributed by atoms with Crippen LogP contribution in [-0.2, 0) is 0 Å². The Morgan fingerprint density at radius 1 is 0.958 bits per heavy atom. The lowest BCUT2D eigenvalue weighted by molar-refractivity contribution is 0.0751. The molecule has 3 aliphatic rings. The number of ether oxygens (including phenoxy) is 4. The SMILES string of the molecule is C=Nc1cc(OCCCP(CCC)CCCOc2cc3c(cc2OC)C(=O)N2CC(=C)C[C@H]2CN3)c(OC)cc1C(=O)N1CCC(=C)C1. The molecular weight excluding hydrogens is 627 g/mol. The zero-order chi connectivity index (χ0) is 34.2. The summed E-state index contributed by atoms with van der Waals surface area (Å²) in [5.41, 5.74) is 4.48. The molecule has 2 saturated heterocycles. The van der Waals surface area contributed by atoms with Gasteiger partial charge in [0.1, 0.15) is 0 Å². The third kappa shape index (κ3) is 8.15. The highest BCUT2D eigenvalue weighted by molar-refractivity contribution is 7.57. The van der Waals surface area contributed by atoms with Crippen molar-refractivity contribution in [1.29, 1.82) is 0 Å². The lowest BCUT2D eigenvalue weighted by Crippen LogP contribution is -2.36. The van der Waals surface area contributed by atoms with E-state index >= 15 is 0 Å². The summed E-state index contributed by atoms with van der Waals surface area (Å²) in [7, 11) is 3.00. The van der Waals surface area contributed by atoms with E-state index in [9.17, 15) is 9.59 Å². The van der Waals surface area contributed by atoms with Crippen molar-refractivity contribution in [3.63, 3.8) is 0 Å². The van der Waals surface area contributed by atoms with Gasteiger partial charge in [-0.2, -0.15) is 0 Å². The standard InChI is InChI=1S/C37H49N4O6P/c1-7-14-48(15-8-12-46-34-20-30(38-4)28(18-32(34)44-5)36(42)40-11-10-25(2)23-40)16-9-13-47-35-21-31-29(19-33(35)45-6)37(43)41-24-26(3)17-27(41)22-39-31/h18-21,27,39H,2-4,7-17,22-24H2,1,5-6H3/t27-,48?/m0/s1. The second-order valence-electron chi connectivity index (χ2n) is 12.6. The van der Waals surface area contributed by atoms with Crippen LogP contribution in [0.15, 0.2) is 53.6 Å². The van der Waals surface area contributed by atoms with Gasteiger partial charge in [0.2, 0.25) is 0 Å². The van der Waals surface area contributed by atoms with E-state index in [0.717, 1.165) is 61.3 Å². The molecule has 0 aliphatic carbocycles. The van der Waals surface area contributed by atoms with Crippen LogP contribution in [-0.4, -0.2) is 106 Å². The molecule has 2 atom stereocenters. The van der Waals surface area contributed by atoms with Gasteiger partial charge in [-0.25, -0.2) is 0 Å². The van der Waals surface area contributed by atoms with Crippen LogP contribution in [0.2, 0.25) is 0 Å². The smallest absolute Gasteiger partial charge is 0.256 e. The Hall–Kier alpha value is -4.04. The fourth-order valence-corrected chi connectivity index (χ4v) is 9.07. The van der Waals surface area contributed by atoms with E-state index in [1.807, 2.05) is 11.0 Å². The molecule has 1 unspecified atom stereocenters.